The van der Waals surface area contributed by atoms with E-state index in [9.17, 15) is 9.59 Å². The van der Waals surface area contributed by atoms with E-state index in [0.29, 0.717) is 11.5 Å². The largest absolute Gasteiger partial charge is 0.348 e. The van der Waals surface area contributed by atoms with Gasteiger partial charge < -0.3 is 5.32 Å². The number of carbonyl (C=O) groups is 1. The van der Waals surface area contributed by atoms with Gasteiger partial charge in [0.2, 0.25) is 0 Å². The van der Waals surface area contributed by atoms with Gasteiger partial charge in [-0.15, -0.1) is 11.3 Å². The second-order valence-electron chi connectivity index (χ2n) is 5.46. The second-order valence-corrected chi connectivity index (χ2v) is 6.53. The molecule has 116 valence electrons. The summed E-state index contributed by atoms with van der Waals surface area (Å²) in [5.74, 6) is -0.404. The Morgan fingerprint density at radius 2 is 2.26 bits per heavy atom. The summed E-state index contributed by atoms with van der Waals surface area (Å²) < 4.78 is 1.60. The molecule has 23 heavy (non-hydrogen) atoms. The molecule has 0 aliphatic heterocycles. The van der Waals surface area contributed by atoms with Gasteiger partial charge in [0.25, 0.3) is 11.5 Å². The van der Waals surface area contributed by atoms with E-state index in [-0.39, 0.29) is 11.1 Å². The minimum Gasteiger partial charge on any atom is -0.348 e. The molecule has 3 heterocycles. The fourth-order valence-electron chi connectivity index (χ4n) is 2.84. The van der Waals surface area contributed by atoms with Gasteiger partial charge in [-0.1, -0.05) is 6.07 Å². The molecule has 0 radical (unpaired) electrons. The molecule has 0 fully saturated rings. The first-order chi connectivity index (χ1) is 11.2. The maximum atomic E-state index is 12.7. The zero-order valence-corrected chi connectivity index (χ0v) is 13.1. The van der Waals surface area contributed by atoms with Crippen LogP contribution in [0.5, 0.6) is 0 Å². The number of hydrogen-bond donors (Lipinski definition) is 1. The number of nitrogens with zero attached hydrogens (tertiary/aromatic N) is 3. The zero-order valence-electron chi connectivity index (χ0n) is 12.3. The number of pyridine rings is 1. The van der Waals surface area contributed by atoms with Crippen molar-refractivity contribution < 1.29 is 4.79 Å². The summed E-state index contributed by atoms with van der Waals surface area (Å²) in [6, 6.07) is 3.67. The van der Waals surface area contributed by atoms with Gasteiger partial charge in [0.05, 0.1) is 0 Å². The van der Waals surface area contributed by atoms with Crippen molar-refractivity contribution in [3.8, 4) is 0 Å². The van der Waals surface area contributed by atoms with Crippen molar-refractivity contribution >= 4 is 22.2 Å². The van der Waals surface area contributed by atoms with Gasteiger partial charge >= 0.3 is 0 Å². The molecule has 0 aromatic carbocycles. The summed E-state index contributed by atoms with van der Waals surface area (Å²) in [6.07, 6.45) is 7.65. The molecule has 1 N–H and O–H groups in total. The van der Waals surface area contributed by atoms with Gasteiger partial charge in [-0.2, -0.15) is 0 Å². The average Bonchev–Trinajstić information content (AvgIpc) is 3.14. The lowest BCUT2D eigenvalue weighted by atomic mass is 10.2. The Morgan fingerprint density at radius 1 is 1.35 bits per heavy atom. The molecule has 1 aliphatic rings. The first kappa shape index (κ1) is 14.1. The quantitative estimate of drug-likeness (QED) is 0.792. The number of nitrogens with one attached hydrogen (secondary N) is 1. The molecule has 0 saturated heterocycles. The fraction of sp³-hybridized carbons (Fsp3) is 0.250. The van der Waals surface area contributed by atoms with E-state index < -0.39 is 5.91 Å². The summed E-state index contributed by atoms with van der Waals surface area (Å²) in [5.41, 5.74) is 1.70. The van der Waals surface area contributed by atoms with Crippen LogP contribution in [0.2, 0.25) is 0 Å². The van der Waals surface area contributed by atoms with Crippen molar-refractivity contribution in [2.45, 2.75) is 25.8 Å². The Bertz CT molecular complexity index is 946. The third-order valence-electron chi connectivity index (χ3n) is 3.97. The minimum absolute atomic E-state index is 0.0823. The molecule has 0 spiro atoms. The van der Waals surface area contributed by atoms with E-state index in [0.717, 1.165) is 30.5 Å². The van der Waals surface area contributed by atoms with Crippen molar-refractivity contribution in [3.05, 3.63) is 62.8 Å². The van der Waals surface area contributed by atoms with Gasteiger partial charge in [0.1, 0.15) is 5.56 Å². The van der Waals surface area contributed by atoms with E-state index in [1.807, 2.05) is 6.07 Å². The van der Waals surface area contributed by atoms with Crippen LogP contribution in [0.25, 0.3) is 4.96 Å². The van der Waals surface area contributed by atoms with E-state index in [1.54, 1.807) is 34.2 Å². The predicted molar refractivity (Wildman–Crippen MR) is 86.8 cm³/mol. The standard InChI is InChI=1S/C16H14N4O2S/c21-14(18-8-10-3-2-6-17-7-10)11-9-19-16-20(15(11)22)12-4-1-5-13(12)23-16/h2-3,6-7,9H,1,4-5,8H2,(H,18,21). The maximum absolute atomic E-state index is 12.7. The van der Waals surface area contributed by atoms with Gasteiger partial charge in [0.15, 0.2) is 4.96 Å². The number of hydrogen-bond acceptors (Lipinski definition) is 5. The number of aryl methyl sites for hydroxylation is 2. The number of rotatable bonds is 3. The predicted octanol–water partition coefficient (Wildman–Crippen LogP) is 1.57. The summed E-state index contributed by atoms with van der Waals surface area (Å²) >= 11 is 1.54. The molecule has 7 heteroatoms. The van der Waals surface area contributed by atoms with Crippen molar-refractivity contribution in [2.75, 3.05) is 0 Å². The fourth-order valence-corrected chi connectivity index (χ4v) is 4.01. The Labute approximate surface area is 135 Å². The lowest BCUT2D eigenvalue weighted by molar-refractivity contribution is 0.0949. The lowest BCUT2D eigenvalue weighted by Gasteiger charge is -2.05. The number of aromatic nitrogens is 3. The number of thiazole rings is 1. The van der Waals surface area contributed by atoms with E-state index in [4.69, 9.17) is 0 Å². The summed E-state index contributed by atoms with van der Waals surface area (Å²) in [4.78, 5) is 35.2. The lowest BCUT2D eigenvalue weighted by Crippen LogP contribution is -2.31. The molecule has 0 saturated carbocycles. The van der Waals surface area contributed by atoms with Gasteiger partial charge in [-0.25, -0.2) is 4.98 Å². The third-order valence-corrected chi connectivity index (χ3v) is 5.13. The minimum atomic E-state index is -0.404. The Kier molecular flexibility index (Phi) is 3.42. The molecule has 0 bridgehead atoms. The number of fused-ring (bicyclic) bond motifs is 3. The maximum Gasteiger partial charge on any atom is 0.271 e. The van der Waals surface area contributed by atoms with Crippen LogP contribution in [-0.2, 0) is 19.4 Å². The molecule has 6 nitrogen and oxygen atoms in total. The Hall–Kier alpha value is -2.54. The highest BCUT2D eigenvalue weighted by Crippen LogP contribution is 2.28. The zero-order chi connectivity index (χ0) is 15.8. The topological polar surface area (TPSA) is 76.4 Å². The van der Waals surface area contributed by atoms with Gasteiger partial charge in [-0.3, -0.25) is 19.0 Å². The van der Waals surface area contributed by atoms with E-state index >= 15 is 0 Å². The molecule has 3 aromatic heterocycles. The van der Waals surface area contributed by atoms with Gasteiger partial charge in [-0.05, 0) is 30.9 Å². The Balaban J connectivity index is 1.65. The molecular weight excluding hydrogens is 312 g/mol. The van der Waals surface area contributed by atoms with E-state index in [2.05, 4.69) is 15.3 Å². The SMILES string of the molecule is O=C(NCc1cccnc1)c1cnc2sc3c(n2c1=O)CCC3. The van der Waals surface area contributed by atoms with E-state index in [1.165, 1.54) is 11.1 Å². The highest BCUT2D eigenvalue weighted by Gasteiger charge is 2.22. The average molecular weight is 326 g/mol. The molecule has 0 unspecified atom stereocenters. The van der Waals surface area contributed by atoms with Crippen LogP contribution in [0.3, 0.4) is 0 Å². The first-order valence-electron chi connectivity index (χ1n) is 7.43. The van der Waals surface area contributed by atoms with Gasteiger partial charge in [0, 0.05) is 35.7 Å². The van der Waals surface area contributed by atoms with Crippen LogP contribution in [0.15, 0.2) is 35.5 Å². The van der Waals surface area contributed by atoms with Crippen LogP contribution < -0.4 is 10.9 Å². The van der Waals surface area contributed by atoms with Crippen LogP contribution in [-0.4, -0.2) is 20.3 Å². The normalized spacial score (nSPS) is 13.2. The first-order valence-corrected chi connectivity index (χ1v) is 8.25. The monoisotopic (exact) mass is 326 g/mol. The molecule has 4 rings (SSSR count). The van der Waals surface area contributed by atoms with Crippen LogP contribution in [0.4, 0.5) is 0 Å². The summed E-state index contributed by atoms with van der Waals surface area (Å²) in [5, 5.41) is 2.75. The van der Waals surface area contributed by atoms with Crippen molar-refractivity contribution in [2.24, 2.45) is 0 Å². The van der Waals surface area contributed by atoms with Crippen molar-refractivity contribution in [1.82, 2.24) is 19.7 Å². The molecular formula is C16H14N4O2S. The molecule has 1 amide bonds. The second kappa shape index (κ2) is 5.58. The molecule has 3 aromatic rings. The summed E-state index contributed by atoms with van der Waals surface area (Å²) in [7, 11) is 0. The van der Waals surface area contributed by atoms with Crippen LogP contribution >= 0.6 is 11.3 Å². The Morgan fingerprint density at radius 3 is 3.09 bits per heavy atom. The van der Waals surface area contributed by atoms with Crippen LogP contribution in [0, 0.1) is 0 Å². The number of amides is 1. The molecule has 0 atom stereocenters. The highest BCUT2D eigenvalue weighted by atomic mass is 32.1. The summed E-state index contributed by atoms with van der Waals surface area (Å²) in [6.45, 7) is 0.330. The molecule has 1 aliphatic carbocycles. The van der Waals surface area contributed by atoms with Crippen LogP contribution in [0.1, 0.15) is 32.9 Å². The highest BCUT2D eigenvalue weighted by molar-refractivity contribution is 7.17. The smallest absolute Gasteiger partial charge is 0.271 e. The number of carbonyl (C=O) groups excluding carboxylic acids is 1. The van der Waals surface area contributed by atoms with Crippen molar-refractivity contribution in [1.29, 1.82) is 0 Å². The third kappa shape index (κ3) is 2.43. The van der Waals surface area contributed by atoms with Crippen molar-refractivity contribution in [3.63, 3.8) is 0 Å².